The van der Waals surface area contributed by atoms with Crippen LogP contribution in [-0.4, -0.2) is 23.1 Å². The third-order valence-corrected chi connectivity index (χ3v) is 3.09. The SMILES string of the molecule is O=C1CC=C(c2ccc(C3=NN=NC3)cc2)C=C1O. The Kier molecular flexibility index (Phi) is 2.79. The molecule has 0 atom stereocenters. The van der Waals surface area contributed by atoms with Crippen molar-refractivity contribution in [2.45, 2.75) is 6.42 Å². The number of allylic oxidation sites excluding steroid dienone is 4. The molecule has 2 aliphatic rings. The van der Waals surface area contributed by atoms with Gasteiger partial charge in [0, 0.05) is 6.42 Å². The zero-order chi connectivity index (χ0) is 13.2. The lowest BCUT2D eigenvalue weighted by Gasteiger charge is -2.09. The number of aliphatic hydroxyl groups is 1. The minimum atomic E-state index is -0.246. The Labute approximate surface area is 109 Å². The van der Waals surface area contributed by atoms with Gasteiger partial charge >= 0.3 is 0 Å². The summed E-state index contributed by atoms with van der Waals surface area (Å²) in [6, 6.07) is 7.74. The van der Waals surface area contributed by atoms with E-state index in [1.165, 1.54) is 6.08 Å². The van der Waals surface area contributed by atoms with E-state index in [0.29, 0.717) is 6.54 Å². The largest absolute Gasteiger partial charge is 0.504 e. The highest BCUT2D eigenvalue weighted by molar-refractivity contribution is 6.03. The number of benzene rings is 1. The molecule has 1 N–H and O–H groups in total. The first kappa shape index (κ1) is 11.5. The highest BCUT2D eigenvalue weighted by Gasteiger charge is 2.14. The normalized spacial score (nSPS) is 18.1. The lowest BCUT2D eigenvalue weighted by atomic mass is 9.96. The topological polar surface area (TPSA) is 74.4 Å². The number of hydrogen-bond donors (Lipinski definition) is 1. The standard InChI is InChI=1S/C14H11N3O2/c18-13-6-5-11(7-14(13)19)9-1-3-10(4-2-9)12-8-15-17-16-12/h1-5,7,19H,6,8H2. The lowest BCUT2D eigenvalue weighted by molar-refractivity contribution is -0.117. The molecule has 1 aromatic carbocycles. The highest BCUT2D eigenvalue weighted by atomic mass is 16.3. The fourth-order valence-electron chi connectivity index (χ4n) is 2.02. The van der Waals surface area contributed by atoms with Gasteiger partial charge in [0.1, 0.15) is 6.54 Å². The molecule has 0 unspecified atom stereocenters. The molecule has 0 saturated heterocycles. The average Bonchev–Trinajstić information content (AvgIpc) is 2.96. The molecule has 0 radical (unpaired) electrons. The minimum absolute atomic E-state index is 0.181. The van der Waals surface area contributed by atoms with Crippen LogP contribution in [0.5, 0.6) is 0 Å². The van der Waals surface area contributed by atoms with Gasteiger partial charge in [-0.3, -0.25) is 4.79 Å². The number of hydrogen-bond acceptors (Lipinski definition) is 5. The van der Waals surface area contributed by atoms with Crippen LogP contribution in [0.2, 0.25) is 0 Å². The van der Waals surface area contributed by atoms with E-state index in [9.17, 15) is 9.90 Å². The van der Waals surface area contributed by atoms with Gasteiger partial charge in [0.2, 0.25) is 5.78 Å². The second-order valence-corrected chi connectivity index (χ2v) is 4.33. The van der Waals surface area contributed by atoms with Crippen molar-refractivity contribution < 1.29 is 9.90 Å². The van der Waals surface area contributed by atoms with E-state index in [1.807, 2.05) is 30.3 Å². The van der Waals surface area contributed by atoms with Crippen LogP contribution in [0.3, 0.4) is 0 Å². The summed E-state index contributed by atoms with van der Waals surface area (Å²) in [7, 11) is 0. The number of rotatable bonds is 2. The van der Waals surface area contributed by atoms with Crippen molar-refractivity contribution >= 4 is 17.1 Å². The molecule has 5 nitrogen and oxygen atoms in total. The highest BCUT2D eigenvalue weighted by Crippen LogP contribution is 2.23. The number of carbonyl (C=O) groups is 1. The lowest BCUT2D eigenvalue weighted by Crippen LogP contribution is -2.05. The van der Waals surface area contributed by atoms with Crippen molar-refractivity contribution in [3.63, 3.8) is 0 Å². The molecule has 5 heteroatoms. The molecule has 0 fully saturated rings. The molecule has 94 valence electrons. The van der Waals surface area contributed by atoms with E-state index in [2.05, 4.69) is 15.4 Å². The van der Waals surface area contributed by atoms with Gasteiger partial charge in [-0.15, -0.1) is 5.10 Å². The van der Waals surface area contributed by atoms with E-state index in [1.54, 1.807) is 0 Å². The van der Waals surface area contributed by atoms with Crippen LogP contribution in [0, 0.1) is 0 Å². The first-order valence-corrected chi connectivity index (χ1v) is 5.92. The summed E-state index contributed by atoms with van der Waals surface area (Å²) < 4.78 is 0. The smallest absolute Gasteiger partial charge is 0.200 e. The summed E-state index contributed by atoms with van der Waals surface area (Å²) in [5.74, 6) is -0.428. The van der Waals surface area contributed by atoms with Crippen molar-refractivity contribution in [1.82, 2.24) is 0 Å². The molecule has 1 aliphatic heterocycles. The van der Waals surface area contributed by atoms with Crippen molar-refractivity contribution in [3.05, 3.63) is 53.3 Å². The van der Waals surface area contributed by atoms with Gasteiger partial charge in [-0.2, -0.15) is 5.11 Å². The van der Waals surface area contributed by atoms with E-state index in [4.69, 9.17) is 0 Å². The fraction of sp³-hybridized carbons (Fsp3) is 0.143. The number of carbonyl (C=O) groups excluding carboxylic acids is 1. The van der Waals surface area contributed by atoms with Crippen molar-refractivity contribution in [2.24, 2.45) is 15.4 Å². The number of Topliss-reactive ketones (excluding diaryl/α,β-unsaturated/α-hetero) is 1. The van der Waals surface area contributed by atoms with Gasteiger partial charge in [0.25, 0.3) is 0 Å². The van der Waals surface area contributed by atoms with Crippen LogP contribution in [0.25, 0.3) is 5.57 Å². The molecular formula is C14H11N3O2. The average molecular weight is 253 g/mol. The van der Waals surface area contributed by atoms with Gasteiger partial charge in [-0.05, 0) is 28.0 Å². The molecule has 19 heavy (non-hydrogen) atoms. The van der Waals surface area contributed by atoms with Crippen LogP contribution >= 0.6 is 0 Å². The summed E-state index contributed by atoms with van der Waals surface area (Å²) in [6.07, 6.45) is 3.55. The Morgan fingerprint density at radius 2 is 1.84 bits per heavy atom. The summed E-state index contributed by atoms with van der Waals surface area (Å²) >= 11 is 0. The summed E-state index contributed by atoms with van der Waals surface area (Å²) in [5, 5.41) is 20.8. The third-order valence-electron chi connectivity index (χ3n) is 3.09. The zero-order valence-electron chi connectivity index (χ0n) is 10.1. The summed E-state index contributed by atoms with van der Waals surface area (Å²) in [6.45, 7) is 0.511. The predicted octanol–water partition coefficient (Wildman–Crippen LogP) is 2.65. The summed E-state index contributed by atoms with van der Waals surface area (Å²) in [4.78, 5) is 11.2. The Morgan fingerprint density at radius 1 is 1.11 bits per heavy atom. The first-order chi connectivity index (χ1) is 9.24. The summed E-state index contributed by atoms with van der Waals surface area (Å²) in [5.41, 5.74) is 3.63. The first-order valence-electron chi connectivity index (χ1n) is 5.92. The van der Waals surface area contributed by atoms with Crippen LogP contribution < -0.4 is 0 Å². The third kappa shape index (κ3) is 2.22. The van der Waals surface area contributed by atoms with Gasteiger partial charge in [-0.1, -0.05) is 30.3 Å². The molecular weight excluding hydrogens is 242 g/mol. The molecule has 0 aromatic heterocycles. The van der Waals surface area contributed by atoms with Crippen molar-refractivity contribution in [1.29, 1.82) is 0 Å². The molecule has 0 spiro atoms. The van der Waals surface area contributed by atoms with Crippen LogP contribution in [-0.2, 0) is 4.79 Å². The maximum Gasteiger partial charge on any atom is 0.200 e. The maximum atomic E-state index is 11.2. The second-order valence-electron chi connectivity index (χ2n) is 4.33. The quantitative estimate of drug-likeness (QED) is 0.879. The molecule has 0 amide bonds. The molecule has 1 aliphatic carbocycles. The van der Waals surface area contributed by atoms with Crippen LogP contribution in [0.15, 0.2) is 57.6 Å². The van der Waals surface area contributed by atoms with Gasteiger partial charge < -0.3 is 5.11 Å². The van der Waals surface area contributed by atoms with Gasteiger partial charge in [0.05, 0.1) is 5.71 Å². The monoisotopic (exact) mass is 253 g/mol. The van der Waals surface area contributed by atoms with Crippen LogP contribution in [0.1, 0.15) is 17.5 Å². The van der Waals surface area contributed by atoms with Crippen LogP contribution in [0.4, 0.5) is 0 Å². The molecule has 0 saturated carbocycles. The predicted molar refractivity (Wildman–Crippen MR) is 71.0 cm³/mol. The van der Waals surface area contributed by atoms with Crippen molar-refractivity contribution in [2.75, 3.05) is 6.54 Å². The fourth-order valence-corrected chi connectivity index (χ4v) is 2.02. The second kappa shape index (κ2) is 4.61. The molecule has 1 heterocycles. The van der Waals surface area contributed by atoms with E-state index >= 15 is 0 Å². The number of nitrogens with zero attached hydrogens (tertiary/aromatic N) is 3. The Morgan fingerprint density at radius 3 is 2.47 bits per heavy atom. The molecule has 0 bridgehead atoms. The van der Waals surface area contributed by atoms with Gasteiger partial charge in [0.15, 0.2) is 5.76 Å². The van der Waals surface area contributed by atoms with E-state index in [-0.39, 0.29) is 18.0 Å². The van der Waals surface area contributed by atoms with Gasteiger partial charge in [-0.25, -0.2) is 0 Å². The zero-order valence-corrected chi connectivity index (χ0v) is 10.1. The Bertz CT molecular complexity index is 652. The molecule has 3 rings (SSSR count). The molecule has 1 aromatic rings. The number of aliphatic hydroxyl groups excluding tert-OH is 1. The van der Waals surface area contributed by atoms with Crippen molar-refractivity contribution in [3.8, 4) is 0 Å². The van der Waals surface area contributed by atoms with E-state index in [0.717, 1.165) is 22.4 Å². The minimum Gasteiger partial charge on any atom is -0.504 e. The Balaban J connectivity index is 1.86. The number of ketones is 1. The van der Waals surface area contributed by atoms with E-state index < -0.39 is 0 Å². The maximum absolute atomic E-state index is 11.2. The Hall–Kier alpha value is -2.56.